The average molecular weight is 324 g/mol. The van der Waals surface area contributed by atoms with E-state index in [1.807, 2.05) is 61.7 Å². The summed E-state index contributed by atoms with van der Waals surface area (Å²) in [6.07, 6.45) is 1.92. The van der Waals surface area contributed by atoms with Gasteiger partial charge >= 0.3 is 0 Å². The molecule has 2 aromatic heterocycles. The molecule has 0 aliphatic rings. The Balaban J connectivity index is 2.24. The normalized spacial score (nSPS) is 11.4. The van der Waals surface area contributed by atoms with Crippen LogP contribution in [0.1, 0.15) is 6.92 Å². The van der Waals surface area contributed by atoms with Crippen molar-refractivity contribution in [2.75, 3.05) is 0 Å². The Morgan fingerprint density at radius 1 is 1.09 bits per heavy atom. The van der Waals surface area contributed by atoms with Gasteiger partial charge in [0.1, 0.15) is 0 Å². The SMILES string of the molecule is CCn1cc2c(n1)c(=O)n(-c1ccccc1)c1cc(Cl)ccc21. The lowest BCUT2D eigenvalue weighted by atomic mass is 10.1. The molecule has 0 saturated carbocycles. The molecule has 0 atom stereocenters. The van der Waals surface area contributed by atoms with Gasteiger partial charge in [-0.3, -0.25) is 14.0 Å². The highest BCUT2D eigenvalue weighted by molar-refractivity contribution is 6.31. The van der Waals surface area contributed by atoms with E-state index in [1.165, 1.54) is 0 Å². The van der Waals surface area contributed by atoms with Gasteiger partial charge in [0, 0.05) is 34.2 Å². The van der Waals surface area contributed by atoms with Crippen LogP contribution >= 0.6 is 11.6 Å². The summed E-state index contributed by atoms with van der Waals surface area (Å²) in [6, 6.07) is 15.2. The maximum atomic E-state index is 13.0. The molecule has 0 unspecified atom stereocenters. The van der Waals surface area contributed by atoms with Crippen LogP contribution in [0.3, 0.4) is 0 Å². The third-order valence-electron chi connectivity index (χ3n) is 4.00. The number of nitrogens with zero attached hydrogens (tertiary/aromatic N) is 3. The third-order valence-corrected chi connectivity index (χ3v) is 4.23. The van der Waals surface area contributed by atoms with Crippen LogP contribution in [0.2, 0.25) is 5.02 Å². The van der Waals surface area contributed by atoms with Gasteiger partial charge in [-0.25, -0.2) is 0 Å². The van der Waals surface area contributed by atoms with E-state index in [1.54, 1.807) is 9.25 Å². The molecule has 0 saturated heterocycles. The smallest absolute Gasteiger partial charge is 0.275 e. The van der Waals surface area contributed by atoms with E-state index in [9.17, 15) is 4.79 Å². The lowest BCUT2D eigenvalue weighted by Crippen LogP contribution is -2.19. The van der Waals surface area contributed by atoms with Gasteiger partial charge < -0.3 is 0 Å². The molecule has 5 heteroatoms. The Labute approximate surface area is 137 Å². The Kier molecular flexibility index (Phi) is 3.20. The Hall–Kier alpha value is -2.59. The van der Waals surface area contributed by atoms with E-state index >= 15 is 0 Å². The van der Waals surface area contributed by atoms with Crippen molar-refractivity contribution in [3.63, 3.8) is 0 Å². The van der Waals surface area contributed by atoms with Crippen LogP contribution in [-0.4, -0.2) is 14.3 Å². The average Bonchev–Trinajstić information content (AvgIpc) is 3.01. The number of para-hydroxylation sites is 1. The van der Waals surface area contributed by atoms with Gasteiger partial charge in [0.05, 0.1) is 5.52 Å². The zero-order valence-corrected chi connectivity index (χ0v) is 13.3. The highest BCUT2D eigenvalue weighted by Crippen LogP contribution is 2.27. The number of hydrogen-bond acceptors (Lipinski definition) is 2. The molecule has 0 aliphatic carbocycles. The van der Waals surface area contributed by atoms with Crippen LogP contribution in [0, 0.1) is 0 Å². The summed E-state index contributed by atoms with van der Waals surface area (Å²) in [5.74, 6) is 0. The molecule has 0 N–H and O–H groups in total. The van der Waals surface area contributed by atoms with Crippen molar-refractivity contribution in [2.24, 2.45) is 0 Å². The summed E-state index contributed by atoms with van der Waals surface area (Å²) in [7, 11) is 0. The van der Waals surface area contributed by atoms with E-state index in [0.29, 0.717) is 17.1 Å². The van der Waals surface area contributed by atoms with Crippen molar-refractivity contribution in [3.05, 3.63) is 70.1 Å². The van der Waals surface area contributed by atoms with Crippen molar-refractivity contribution in [1.29, 1.82) is 0 Å². The van der Waals surface area contributed by atoms with Crippen molar-refractivity contribution in [2.45, 2.75) is 13.5 Å². The predicted octanol–water partition coefficient (Wildman–Crippen LogP) is 4.01. The van der Waals surface area contributed by atoms with E-state index in [0.717, 1.165) is 22.0 Å². The van der Waals surface area contributed by atoms with Gasteiger partial charge in [0.15, 0.2) is 5.52 Å². The minimum atomic E-state index is -0.131. The molecule has 0 aliphatic heterocycles. The second-order valence-electron chi connectivity index (χ2n) is 5.38. The molecule has 0 fully saturated rings. The monoisotopic (exact) mass is 323 g/mol. The van der Waals surface area contributed by atoms with Gasteiger partial charge in [-0.15, -0.1) is 0 Å². The summed E-state index contributed by atoms with van der Waals surface area (Å²) in [5, 5.41) is 6.86. The number of rotatable bonds is 2. The predicted molar refractivity (Wildman–Crippen MR) is 93.5 cm³/mol. The van der Waals surface area contributed by atoms with Gasteiger partial charge in [-0.05, 0) is 31.2 Å². The molecule has 4 aromatic rings. The van der Waals surface area contributed by atoms with Crippen LogP contribution in [0.4, 0.5) is 0 Å². The van der Waals surface area contributed by atoms with Gasteiger partial charge in [0.25, 0.3) is 5.56 Å². The third kappa shape index (κ3) is 2.14. The van der Waals surface area contributed by atoms with Crippen LogP contribution in [-0.2, 0) is 6.54 Å². The molecule has 4 nitrogen and oxygen atoms in total. The van der Waals surface area contributed by atoms with Crippen LogP contribution < -0.4 is 5.56 Å². The summed E-state index contributed by atoms with van der Waals surface area (Å²) < 4.78 is 3.46. The maximum Gasteiger partial charge on any atom is 0.283 e. The zero-order chi connectivity index (χ0) is 16.0. The summed E-state index contributed by atoms with van der Waals surface area (Å²) >= 11 is 6.18. The highest BCUT2D eigenvalue weighted by atomic mass is 35.5. The Morgan fingerprint density at radius 2 is 1.87 bits per heavy atom. The number of benzene rings is 2. The van der Waals surface area contributed by atoms with Gasteiger partial charge in [-0.1, -0.05) is 35.9 Å². The van der Waals surface area contributed by atoms with Crippen LogP contribution in [0.5, 0.6) is 0 Å². The fraction of sp³-hybridized carbons (Fsp3) is 0.111. The Morgan fingerprint density at radius 3 is 2.61 bits per heavy atom. The van der Waals surface area contributed by atoms with Crippen LogP contribution in [0.25, 0.3) is 27.5 Å². The van der Waals surface area contributed by atoms with E-state index < -0.39 is 0 Å². The molecular formula is C18H14ClN3O. The Bertz CT molecular complexity index is 1080. The van der Waals surface area contributed by atoms with Crippen molar-refractivity contribution >= 4 is 33.4 Å². The molecule has 0 amide bonds. The second kappa shape index (κ2) is 5.25. The topological polar surface area (TPSA) is 39.8 Å². The number of aryl methyl sites for hydroxylation is 1. The molecule has 0 bridgehead atoms. The first-order valence-corrected chi connectivity index (χ1v) is 7.83. The van der Waals surface area contributed by atoms with Crippen molar-refractivity contribution < 1.29 is 0 Å². The second-order valence-corrected chi connectivity index (χ2v) is 5.82. The lowest BCUT2D eigenvalue weighted by Gasteiger charge is -2.11. The fourth-order valence-electron chi connectivity index (χ4n) is 2.90. The molecule has 2 heterocycles. The molecule has 23 heavy (non-hydrogen) atoms. The van der Waals surface area contributed by atoms with E-state index in [4.69, 9.17) is 11.6 Å². The first-order chi connectivity index (χ1) is 11.2. The molecule has 114 valence electrons. The first kappa shape index (κ1) is 14.0. The van der Waals surface area contributed by atoms with Gasteiger partial charge in [-0.2, -0.15) is 5.10 Å². The molecule has 0 spiro atoms. The van der Waals surface area contributed by atoms with E-state index in [2.05, 4.69) is 5.10 Å². The molecular weight excluding hydrogens is 310 g/mol. The number of pyridine rings is 1. The standard InChI is InChI=1S/C18H14ClN3O/c1-2-21-11-15-14-9-8-12(19)10-16(14)22(18(23)17(15)20-21)13-6-4-3-5-7-13/h3-11H,2H2,1H3. The number of hydrogen-bond donors (Lipinski definition) is 0. The van der Waals surface area contributed by atoms with E-state index in [-0.39, 0.29) is 5.56 Å². The summed E-state index contributed by atoms with van der Waals surface area (Å²) in [6.45, 7) is 2.72. The molecule has 2 aromatic carbocycles. The minimum absolute atomic E-state index is 0.131. The molecule has 4 rings (SSSR count). The zero-order valence-electron chi connectivity index (χ0n) is 12.5. The largest absolute Gasteiger partial charge is 0.283 e. The summed E-state index contributed by atoms with van der Waals surface area (Å²) in [4.78, 5) is 13.0. The van der Waals surface area contributed by atoms with Crippen molar-refractivity contribution in [3.8, 4) is 5.69 Å². The van der Waals surface area contributed by atoms with Crippen LogP contribution in [0.15, 0.2) is 59.5 Å². The number of halogens is 1. The number of fused-ring (bicyclic) bond motifs is 3. The van der Waals surface area contributed by atoms with Crippen molar-refractivity contribution in [1.82, 2.24) is 14.3 Å². The van der Waals surface area contributed by atoms with Gasteiger partial charge in [0.2, 0.25) is 0 Å². The number of aromatic nitrogens is 3. The summed E-state index contributed by atoms with van der Waals surface area (Å²) in [5.41, 5.74) is 1.94. The fourth-order valence-corrected chi connectivity index (χ4v) is 3.07. The highest BCUT2D eigenvalue weighted by Gasteiger charge is 2.15. The first-order valence-electron chi connectivity index (χ1n) is 7.46. The lowest BCUT2D eigenvalue weighted by molar-refractivity contribution is 0.667. The quantitative estimate of drug-likeness (QED) is 0.559. The molecule has 0 radical (unpaired) electrons. The minimum Gasteiger partial charge on any atom is -0.275 e. The maximum absolute atomic E-state index is 13.0.